The van der Waals surface area contributed by atoms with Crippen LogP contribution in [0, 0.1) is 5.92 Å². The van der Waals surface area contributed by atoms with Crippen molar-refractivity contribution in [3.63, 3.8) is 0 Å². The minimum atomic E-state index is -0.219. The molecule has 2 saturated heterocycles. The largest absolute Gasteiger partial charge is 0.353 e. The number of carbonyl (C=O) groups is 3. The van der Waals surface area contributed by atoms with E-state index in [1.165, 1.54) is 11.3 Å². The Labute approximate surface area is 138 Å². The van der Waals surface area contributed by atoms with Crippen LogP contribution in [0.4, 0.5) is 9.80 Å². The second-order valence-corrected chi connectivity index (χ2v) is 6.75. The zero-order valence-electron chi connectivity index (χ0n) is 12.8. The molecule has 2 aliphatic rings. The minimum absolute atomic E-state index is 0.0199. The molecule has 23 heavy (non-hydrogen) atoms. The number of hydrogen-bond acceptors (Lipinski definition) is 4. The van der Waals surface area contributed by atoms with Crippen LogP contribution >= 0.6 is 11.3 Å². The summed E-state index contributed by atoms with van der Waals surface area (Å²) in [5, 5.41) is 8.27. The summed E-state index contributed by atoms with van der Waals surface area (Å²) in [6.45, 7) is 2.23. The highest BCUT2D eigenvalue weighted by Crippen LogP contribution is 2.21. The fourth-order valence-electron chi connectivity index (χ4n) is 2.98. The fourth-order valence-corrected chi connectivity index (χ4v) is 3.59. The van der Waals surface area contributed by atoms with E-state index in [-0.39, 0.29) is 30.3 Å². The number of piperazine rings is 1. The average molecular weight is 336 g/mol. The van der Waals surface area contributed by atoms with Crippen LogP contribution in [0.1, 0.15) is 12.8 Å². The summed E-state index contributed by atoms with van der Waals surface area (Å²) >= 11 is 1.47. The lowest BCUT2D eigenvalue weighted by Crippen LogP contribution is -2.54. The molecule has 1 unspecified atom stereocenters. The first kappa shape index (κ1) is 15.8. The van der Waals surface area contributed by atoms with E-state index in [0.717, 1.165) is 17.8 Å². The number of amides is 4. The second-order valence-electron chi connectivity index (χ2n) is 5.80. The SMILES string of the molecule is O=C1CN(C(=O)C2CCCN(C(=O)Nc3cccs3)C2)CCN1. The Kier molecular flexibility index (Phi) is 4.80. The van der Waals surface area contributed by atoms with E-state index >= 15 is 0 Å². The van der Waals surface area contributed by atoms with Crippen LogP contribution in [0.3, 0.4) is 0 Å². The van der Waals surface area contributed by atoms with Crippen LogP contribution in [-0.4, -0.2) is 60.4 Å². The van der Waals surface area contributed by atoms with Gasteiger partial charge >= 0.3 is 6.03 Å². The number of likely N-dealkylation sites (tertiary alicyclic amines) is 1. The van der Waals surface area contributed by atoms with E-state index in [1.807, 2.05) is 17.5 Å². The van der Waals surface area contributed by atoms with Gasteiger partial charge in [0.2, 0.25) is 11.8 Å². The number of urea groups is 1. The van der Waals surface area contributed by atoms with Gasteiger partial charge in [0, 0.05) is 26.2 Å². The molecule has 0 aromatic carbocycles. The summed E-state index contributed by atoms with van der Waals surface area (Å²) in [6, 6.07) is 3.56. The lowest BCUT2D eigenvalue weighted by Gasteiger charge is -2.35. The molecule has 4 amide bonds. The van der Waals surface area contributed by atoms with Gasteiger partial charge in [0.15, 0.2) is 0 Å². The second kappa shape index (κ2) is 6.99. The fraction of sp³-hybridized carbons (Fsp3) is 0.533. The summed E-state index contributed by atoms with van der Waals surface area (Å²) in [7, 11) is 0. The van der Waals surface area contributed by atoms with Crippen molar-refractivity contribution in [2.24, 2.45) is 5.92 Å². The van der Waals surface area contributed by atoms with Crippen LogP contribution in [0.15, 0.2) is 17.5 Å². The highest BCUT2D eigenvalue weighted by molar-refractivity contribution is 7.14. The Morgan fingerprint density at radius 3 is 2.91 bits per heavy atom. The number of thiophene rings is 1. The molecule has 1 atom stereocenters. The van der Waals surface area contributed by atoms with Crippen LogP contribution in [0.25, 0.3) is 0 Å². The topological polar surface area (TPSA) is 81.8 Å². The first-order chi connectivity index (χ1) is 11.1. The molecule has 0 saturated carbocycles. The maximum Gasteiger partial charge on any atom is 0.322 e. The number of nitrogens with one attached hydrogen (secondary N) is 2. The van der Waals surface area contributed by atoms with Crippen molar-refractivity contribution in [3.05, 3.63) is 17.5 Å². The van der Waals surface area contributed by atoms with Crippen molar-refractivity contribution < 1.29 is 14.4 Å². The molecule has 0 spiro atoms. The van der Waals surface area contributed by atoms with Crippen molar-refractivity contribution in [1.29, 1.82) is 0 Å². The van der Waals surface area contributed by atoms with Crippen molar-refractivity contribution in [1.82, 2.24) is 15.1 Å². The molecular weight excluding hydrogens is 316 g/mol. The normalized spacial score (nSPS) is 21.7. The van der Waals surface area contributed by atoms with E-state index in [2.05, 4.69) is 10.6 Å². The molecule has 7 nitrogen and oxygen atoms in total. The van der Waals surface area contributed by atoms with Gasteiger partial charge in [0.1, 0.15) is 0 Å². The minimum Gasteiger partial charge on any atom is -0.353 e. The van der Waals surface area contributed by atoms with Gasteiger partial charge in [-0.2, -0.15) is 0 Å². The third-order valence-corrected chi connectivity index (χ3v) is 4.94. The highest BCUT2D eigenvalue weighted by atomic mass is 32.1. The Morgan fingerprint density at radius 2 is 2.17 bits per heavy atom. The summed E-state index contributed by atoms with van der Waals surface area (Å²) in [5.41, 5.74) is 0. The van der Waals surface area contributed by atoms with Crippen LogP contribution < -0.4 is 10.6 Å². The lowest BCUT2D eigenvalue weighted by atomic mass is 9.96. The van der Waals surface area contributed by atoms with E-state index in [1.54, 1.807) is 9.80 Å². The third kappa shape index (κ3) is 3.82. The Balaban J connectivity index is 1.58. The zero-order chi connectivity index (χ0) is 16.2. The van der Waals surface area contributed by atoms with Gasteiger partial charge in [-0.15, -0.1) is 11.3 Å². The average Bonchev–Trinajstić information content (AvgIpc) is 3.07. The number of piperidine rings is 1. The summed E-state index contributed by atoms with van der Waals surface area (Å²) in [4.78, 5) is 39.6. The molecule has 1 aromatic rings. The summed E-state index contributed by atoms with van der Waals surface area (Å²) < 4.78 is 0. The van der Waals surface area contributed by atoms with Crippen LogP contribution in [0.2, 0.25) is 0 Å². The first-order valence-corrected chi connectivity index (χ1v) is 8.66. The number of hydrogen-bond donors (Lipinski definition) is 2. The first-order valence-electron chi connectivity index (χ1n) is 7.78. The standard InChI is InChI=1S/C15H20N4O3S/c20-12-10-18(7-5-16-12)14(21)11-3-1-6-19(9-11)15(22)17-13-4-2-8-23-13/h2,4,8,11H,1,3,5-7,9-10H2,(H,16,20)(H,17,22). The molecule has 3 heterocycles. The molecule has 3 rings (SSSR count). The molecule has 2 fully saturated rings. The van der Waals surface area contributed by atoms with E-state index in [4.69, 9.17) is 0 Å². The zero-order valence-corrected chi connectivity index (χ0v) is 13.6. The number of rotatable bonds is 2. The molecule has 124 valence electrons. The van der Waals surface area contributed by atoms with E-state index in [9.17, 15) is 14.4 Å². The quantitative estimate of drug-likeness (QED) is 0.844. The predicted octanol–water partition coefficient (Wildman–Crippen LogP) is 0.950. The van der Waals surface area contributed by atoms with Gasteiger partial charge in [-0.1, -0.05) is 0 Å². The number of carbonyl (C=O) groups excluding carboxylic acids is 3. The number of anilines is 1. The lowest BCUT2D eigenvalue weighted by molar-refractivity contribution is -0.142. The van der Waals surface area contributed by atoms with Gasteiger partial charge in [-0.05, 0) is 30.4 Å². The van der Waals surface area contributed by atoms with Gasteiger partial charge in [-0.3, -0.25) is 14.9 Å². The van der Waals surface area contributed by atoms with Crippen LogP contribution in [0.5, 0.6) is 0 Å². The molecule has 0 aliphatic carbocycles. The highest BCUT2D eigenvalue weighted by Gasteiger charge is 2.32. The number of nitrogens with zero attached hydrogens (tertiary/aromatic N) is 2. The molecule has 8 heteroatoms. The van der Waals surface area contributed by atoms with Gasteiger partial charge < -0.3 is 15.1 Å². The van der Waals surface area contributed by atoms with Gasteiger partial charge in [-0.25, -0.2) is 4.79 Å². The third-order valence-electron chi connectivity index (χ3n) is 4.16. The van der Waals surface area contributed by atoms with Crippen molar-refractivity contribution >= 4 is 34.2 Å². The molecule has 2 N–H and O–H groups in total. The summed E-state index contributed by atoms with van der Waals surface area (Å²) in [6.07, 6.45) is 1.56. The molecule has 2 aliphatic heterocycles. The smallest absolute Gasteiger partial charge is 0.322 e. The Bertz CT molecular complexity index is 590. The van der Waals surface area contributed by atoms with Crippen molar-refractivity contribution in [2.45, 2.75) is 12.8 Å². The molecule has 0 radical (unpaired) electrons. The molecular formula is C15H20N4O3S. The van der Waals surface area contributed by atoms with Crippen molar-refractivity contribution in [3.8, 4) is 0 Å². The maximum absolute atomic E-state index is 12.6. The molecule has 1 aromatic heterocycles. The molecule has 0 bridgehead atoms. The van der Waals surface area contributed by atoms with Gasteiger partial charge in [0.25, 0.3) is 0 Å². The summed E-state index contributed by atoms with van der Waals surface area (Å²) in [5.74, 6) is -0.357. The van der Waals surface area contributed by atoms with E-state index in [0.29, 0.717) is 26.2 Å². The monoisotopic (exact) mass is 336 g/mol. The van der Waals surface area contributed by atoms with Gasteiger partial charge in [0.05, 0.1) is 17.5 Å². The maximum atomic E-state index is 12.6. The predicted molar refractivity (Wildman–Crippen MR) is 87.2 cm³/mol. The van der Waals surface area contributed by atoms with Crippen LogP contribution in [-0.2, 0) is 9.59 Å². The van der Waals surface area contributed by atoms with E-state index < -0.39 is 0 Å². The Morgan fingerprint density at radius 1 is 1.30 bits per heavy atom. The van der Waals surface area contributed by atoms with Crippen molar-refractivity contribution in [2.75, 3.05) is 38.0 Å². The Hall–Kier alpha value is -2.09.